The molecule has 7 nitrogen and oxygen atoms in total. The molecule has 1 N–H and O–H groups in total. The van der Waals surface area contributed by atoms with Crippen LogP contribution in [0.3, 0.4) is 0 Å². The molecule has 4 rings (SSSR count). The van der Waals surface area contributed by atoms with E-state index in [1.165, 1.54) is 15.9 Å². The van der Waals surface area contributed by atoms with Gasteiger partial charge in [0.2, 0.25) is 10.0 Å². The normalized spacial score (nSPS) is 16.6. The number of benzene rings is 3. The van der Waals surface area contributed by atoms with Crippen molar-refractivity contribution in [3.05, 3.63) is 89.0 Å². The Morgan fingerprint density at radius 3 is 2.51 bits per heavy atom. The summed E-state index contributed by atoms with van der Waals surface area (Å²) in [6.45, 7) is 4.08. The maximum Gasteiger partial charge on any atom is 0.344 e. The highest BCUT2D eigenvalue weighted by Crippen LogP contribution is 2.37. The van der Waals surface area contributed by atoms with Gasteiger partial charge in [-0.1, -0.05) is 43.3 Å². The third-order valence-electron chi connectivity index (χ3n) is 6.88. The second-order valence-electron chi connectivity index (χ2n) is 9.36. The molecule has 0 radical (unpaired) electrons. The molecule has 0 saturated heterocycles. The molecule has 2 unspecified atom stereocenters. The maximum absolute atomic E-state index is 13.8. The van der Waals surface area contributed by atoms with Crippen molar-refractivity contribution in [1.82, 2.24) is 4.31 Å². The number of carboxylic acid groups (broad SMARTS) is 1. The topological polar surface area (TPSA) is 93.1 Å². The molecule has 1 aliphatic heterocycles. The quantitative estimate of drug-likeness (QED) is 0.394. The van der Waals surface area contributed by atoms with E-state index in [4.69, 9.17) is 9.47 Å². The van der Waals surface area contributed by atoms with E-state index in [1.54, 1.807) is 33.1 Å². The number of hydrogen-bond donors (Lipinski definition) is 1. The van der Waals surface area contributed by atoms with E-state index in [0.29, 0.717) is 30.0 Å². The highest BCUT2D eigenvalue weighted by Gasteiger charge is 2.34. The lowest BCUT2D eigenvalue weighted by Gasteiger charge is -2.34. The first-order chi connectivity index (χ1) is 17.7. The molecule has 3 aromatic carbocycles. The first-order valence-electron chi connectivity index (χ1n) is 12.4. The Labute approximate surface area is 218 Å². The van der Waals surface area contributed by atoms with Crippen LogP contribution in [0.5, 0.6) is 11.5 Å². The second kappa shape index (κ2) is 11.4. The lowest BCUT2D eigenvalue weighted by Crippen LogP contribution is -2.38. The van der Waals surface area contributed by atoms with Crippen molar-refractivity contribution >= 4 is 16.0 Å². The van der Waals surface area contributed by atoms with Crippen LogP contribution >= 0.6 is 0 Å². The van der Waals surface area contributed by atoms with Crippen molar-refractivity contribution in [2.75, 3.05) is 13.7 Å². The van der Waals surface area contributed by atoms with Gasteiger partial charge in [0.15, 0.2) is 6.10 Å². The number of hydrogen-bond acceptors (Lipinski definition) is 5. The molecule has 1 heterocycles. The van der Waals surface area contributed by atoms with E-state index in [2.05, 4.69) is 18.2 Å². The Balaban J connectivity index is 1.61. The molecule has 0 aromatic heterocycles. The van der Waals surface area contributed by atoms with Crippen LogP contribution in [0, 0.1) is 6.92 Å². The van der Waals surface area contributed by atoms with Gasteiger partial charge in [0.25, 0.3) is 0 Å². The summed E-state index contributed by atoms with van der Waals surface area (Å²) in [6.07, 6.45) is 0.975. The summed E-state index contributed by atoms with van der Waals surface area (Å²) in [6, 6.07) is 20.7. The number of methoxy groups -OCH3 is 1. The first kappa shape index (κ1) is 26.7. The zero-order valence-electron chi connectivity index (χ0n) is 21.4. The number of nitrogens with zero attached hydrogens (tertiary/aromatic N) is 1. The third kappa shape index (κ3) is 5.97. The van der Waals surface area contributed by atoms with Crippen LogP contribution in [0.25, 0.3) is 0 Å². The van der Waals surface area contributed by atoms with E-state index in [0.717, 1.165) is 24.0 Å². The van der Waals surface area contributed by atoms with Gasteiger partial charge in [0, 0.05) is 13.1 Å². The Kier molecular flexibility index (Phi) is 8.19. The van der Waals surface area contributed by atoms with Crippen molar-refractivity contribution in [1.29, 1.82) is 0 Å². The SMILES string of the molecule is CCC(Oc1ccc(S(=O)(=O)N2Cc3cc(OC)ccc3C(CCc3ccccc3)C2)cc1C)C(=O)O. The predicted molar refractivity (Wildman–Crippen MR) is 142 cm³/mol. The predicted octanol–water partition coefficient (Wildman–Crippen LogP) is 5.17. The maximum atomic E-state index is 13.8. The highest BCUT2D eigenvalue weighted by molar-refractivity contribution is 7.89. The summed E-state index contributed by atoms with van der Waals surface area (Å²) in [5.74, 6) is 0.0421. The van der Waals surface area contributed by atoms with Gasteiger partial charge < -0.3 is 14.6 Å². The summed E-state index contributed by atoms with van der Waals surface area (Å²) >= 11 is 0. The lowest BCUT2D eigenvalue weighted by atomic mass is 9.86. The molecule has 2 atom stereocenters. The van der Waals surface area contributed by atoms with Gasteiger partial charge in [-0.25, -0.2) is 13.2 Å². The number of sulfonamides is 1. The molecular weight excluding hydrogens is 490 g/mol. The molecule has 196 valence electrons. The Bertz CT molecular complexity index is 1360. The minimum absolute atomic E-state index is 0.0363. The molecule has 37 heavy (non-hydrogen) atoms. The smallest absolute Gasteiger partial charge is 0.344 e. The van der Waals surface area contributed by atoms with Crippen molar-refractivity contribution in [3.63, 3.8) is 0 Å². The molecule has 0 saturated carbocycles. The van der Waals surface area contributed by atoms with Crippen LogP contribution in [0.2, 0.25) is 0 Å². The minimum Gasteiger partial charge on any atom is -0.497 e. The van der Waals surface area contributed by atoms with E-state index in [1.807, 2.05) is 30.3 Å². The summed E-state index contributed by atoms with van der Waals surface area (Å²) < 4.78 is 40.1. The number of aryl methyl sites for hydroxylation is 2. The summed E-state index contributed by atoms with van der Waals surface area (Å²) in [5.41, 5.74) is 3.88. The lowest BCUT2D eigenvalue weighted by molar-refractivity contribution is -0.145. The Hall–Kier alpha value is -3.36. The number of ether oxygens (including phenoxy) is 2. The van der Waals surface area contributed by atoms with Gasteiger partial charge in [-0.15, -0.1) is 0 Å². The molecule has 8 heteroatoms. The fourth-order valence-corrected chi connectivity index (χ4v) is 6.33. The summed E-state index contributed by atoms with van der Waals surface area (Å²) in [4.78, 5) is 11.5. The summed E-state index contributed by atoms with van der Waals surface area (Å²) in [5, 5.41) is 9.30. The van der Waals surface area contributed by atoms with E-state index in [-0.39, 0.29) is 17.4 Å². The third-order valence-corrected chi connectivity index (χ3v) is 8.69. The number of carbonyl (C=O) groups is 1. The second-order valence-corrected chi connectivity index (χ2v) is 11.3. The van der Waals surface area contributed by atoms with Crippen molar-refractivity contribution < 1.29 is 27.8 Å². The average Bonchev–Trinajstić information content (AvgIpc) is 2.90. The average molecular weight is 524 g/mol. The molecule has 0 amide bonds. The molecular formula is C29H33NO6S. The number of aliphatic carboxylic acids is 1. The molecule has 3 aromatic rings. The molecule has 0 spiro atoms. The Morgan fingerprint density at radius 2 is 1.86 bits per heavy atom. The van der Waals surface area contributed by atoms with Crippen LogP contribution < -0.4 is 9.47 Å². The van der Waals surface area contributed by atoms with Crippen molar-refractivity contribution in [3.8, 4) is 11.5 Å². The zero-order chi connectivity index (χ0) is 26.6. The van der Waals surface area contributed by atoms with Crippen LogP contribution in [0.15, 0.2) is 71.6 Å². The summed E-state index contributed by atoms with van der Waals surface area (Å²) in [7, 11) is -2.21. The molecule has 0 bridgehead atoms. The van der Waals surface area contributed by atoms with Crippen molar-refractivity contribution in [2.24, 2.45) is 0 Å². The van der Waals surface area contributed by atoms with Gasteiger partial charge in [0.1, 0.15) is 11.5 Å². The molecule has 0 aliphatic carbocycles. The standard InChI is InChI=1S/C29H33NO6S/c1-4-27(29(31)32)36-28-15-13-25(16-20(28)2)37(33,34)30-18-22(11-10-21-8-6-5-7-9-21)26-14-12-24(35-3)17-23(26)19-30/h5-9,12-17,22,27H,4,10-11,18-19H2,1-3H3,(H,31,32). The van der Waals surface area contributed by atoms with Gasteiger partial charge >= 0.3 is 5.97 Å². The fraction of sp³-hybridized carbons (Fsp3) is 0.345. The van der Waals surface area contributed by atoms with Crippen LogP contribution in [-0.2, 0) is 27.8 Å². The van der Waals surface area contributed by atoms with Gasteiger partial charge in [-0.2, -0.15) is 4.31 Å². The van der Waals surface area contributed by atoms with Crippen LogP contribution in [0.1, 0.15) is 47.9 Å². The first-order valence-corrected chi connectivity index (χ1v) is 13.9. The zero-order valence-corrected chi connectivity index (χ0v) is 22.2. The number of fused-ring (bicyclic) bond motifs is 1. The van der Waals surface area contributed by atoms with Crippen molar-refractivity contribution in [2.45, 2.75) is 56.6 Å². The molecule has 1 aliphatic rings. The van der Waals surface area contributed by atoms with E-state index in [9.17, 15) is 18.3 Å². The van der Waals surface area contributed by atoms with E-state index >= 15 is 0 Å². The van der Waals surface area contributed by atoms with Gasteiger partial charge in [0.05, 0.1) is 12.0 Å². The number of rotatable bonds is 10. The highest BCUT2D eigenvalue weighted by atomic mass is 32.2. The minimum atomic E-state index is -3.81. The largest absolute Gasteiger partial charge is 0.497 e. The fourth-order valence-electron chi connectivity index (χ4n) is 4.78. The van der Waals surface area contributed by atoms with Gasteiger partial charge in [-0.05, 0) is 84.7 Å². The van der Waals surface area contributed by atoms with Gasteiger partial charge in [-0.3, -0.25) is 0 Å². The Morgan fingerprint density at radius 1 is 1.11 bits per heavy atom. The van der Waals surface area contributed by atoms with E-state index < -0.39 is 22.1 Å². The molecule has 0 fully saturated rings. The monoisotopic (exact) mass is 523 g/mol. The van der Waals surface area contributed by atoms with Crippen LogP contribution in [0.4, 0.5) is 0 Å². The van der Waals surface area contributed by atoms with Crippen LogP contribution in [-0.4, -0.2) is 43.6 Å². The number of carboxylic acids is 1.